The summed E-state index contributed by atoms with van der Waals surface area (Å²) < 4.78 is 10.1. The molecule has 132 valence electrons. The highest BCUT2D eigenvalue weighted by Gasteiger charge is 2.16. The van der Waals surface area contributed by atoms with Crippen LogP contribution in [0.1, 0.15) is 44.0 Å². The van der Waals surface area contributed by atoms with Crippen LogP contribution < -0.4 is 10.5 Å². The Kier molecular flexibility index (Phi) is 7.78. The highest BCUT2D eigenvalue weighted by molar-refractivity contribution is 8.13. The van der Waals surface area contributed by atoms with E-state index in [-0.39, 0.29) is 11.0 Å². The van der Waals surface area contributed by atoms with Gasteiger partial charge in [0, 0.05) is 17.7 Å². The number of nitrogens with two attached hydrogens (primary N) is 1. The molecular formula is C17H24N2O4S. The molecule has 0 bridgehead atoms. The Labute approximate surface area is 146 Å². The second-order valence-electron chi connectivity index (χ2n) is 6.03. The molecule has 2 N–H and O–H groups in total. The number of benzene rings is 1. The van der Waals surface area contributed by atoms with E-state index in [0.29, 0.717) is 29.9 Å². The number of aliphatic imine (C=N–C) groups is 1. The molecule has 1 rings (SSSR count). The molecule has 1 aromatic rings. The molecule has 0 saturated heterocycles. The SMILES string of the molecule is COc1ccc(C(=O)CCCS/C(N)=N\C(=O)OC(C)(C)C)cc1. The second-order valence-corrected chi connectivity index (χ2v) is 7.15. The third-order valence-electron chi connectivity index (χ3n) is 2.81. The minimum absolute atomic E-state index is 0.0564. The first-order valence-corrected chi connectivity index (χ1v) is 8.57. The van der Waals surface area contributed by atoms with Crippen molar-refractivity contribution in [3.8, 4) is 5.75 Å². The van der Waals surface area contributed by atoms with Crippen molar-refractivity contribution in [1.29, 1.82) is 0 Å². The lowest BCUT2D eigenvalue weighted by atomic mass is 10.1. The van der Waals surface area contributed by atoms with Crippen molar-refractivity contribution in [2.75, 3.05) is 12.9 Å². The first-order chi connectivity index (χ1) is 11.2. The van der Waals surface area contributed by atoms with Crippen molar-refractivity contribution in [2.45, 2.75) is 39.2 Å². The third-order valence-corrected chi connectivity index (χ3v) is 3.68. The van der Waals surface area contributed by atoms with Crippen molar-refractivity contribution in [3.63, 3.8) is 0 Å². The lowest BCUT2D eigenvalue weighted by Crippen LogP contribution is -2.23. The molecule has 0 aromatic heterocycles. The number of ketones is 1. The van der Waals surface area contributed by atoms with E-state index >= 15 is 0 Å². The van der Waals surface area contributed by atoms with E-state index in [0.717, 1.165) is 0 Å². The minimum atomic E-state index is -0.707. The number of rotatable bonds is 6. The molecular weight excluding hydrogens is 328 g/mol. The number of hydrogen-bond donors (Lipinski definition) is 1. The summed E-state index contributed by atoms with van der Waals surface area (Å²) in [5.41, 5.74) is 5.72. The molecule has 0 aliphatic carbocycles. The first-order valence-electron chi connectivity index (χ1n) is 7.58. The number of carbonyl (C=O) groups is 2. The molecule has 0 saturated carbocycles. The fourth-order valence-corrected chi connectivity index (χ4v) is 2.37. The zero-order valence-corrected chi connectivity index (χ0v) is 15.3. The number of amides is 1. The summed E-state index contributed by atoms with van der Waals surface area (Å²) in [5.74, 6) is 1.37. The van der Waals surface area contributed by atoms with Gasteiger partial charge in [0.2, 0.25) is 0 Å². The predicted octanol–water partition coefficient (Wildman–Crippen LogP) is 3.64. The lowest BCUT2D eigenvalue weighted by molar-refractivity contribution is 0.0604. The standard InChI is InChI=1S/C17H24N2O4S/c1-17(2,3)23-16(21)19-15(18)24-11-5-6-14(20)12-7-9-13(22-4)10-8-12/h7-10H,5-6,11H2,1-4H3,(H2,18,19,21). The summed E-state index contributed by atoms with van der Waals surface area (Å²) in [6.45, 7) is 5.28. The molecule has 0 unspecified atom stereocenters. The molecule has 0 aliphatic heterocycles. The number of methoxy groups -OCH3 is 1. The van der Waals surface area contributed by atoms with E-state index in [9.17, 15) is 9.59 Å². The van der Waals surface area contributed by atoms with Gasteiger partial charge in [-0.05, 0) is 51.5 Å². The Morgan fingerprint density at radius 2 is 1.83 bits per heavy atom. The molecule has 0 radical (unpaired) electrons. The number of amidine groups is 1. The van der Waals surface area contributed by atoms with E-state index in [2.05, 4.69) is 4.99 Å². The summed E-state index contributed by atoms with van der Waals surface area (Å²) >= 11 is 1.23. The van der Waals surface area contributed by atoms with Gasteiger partial charge in [-0.3, -0.25) is 4.79 Å². The van der Waals surface area contributed by atoms with Crippen molar-refractivity contribution in [3.05, 3.63) is 29.8 Å². The smallest absolute Gasteiger partial charge is 0.436 e. The monoisotopic (exact) mass is 352 g/mol. The Morgan fingerprint density at radius 3 is 2.38 bits per heavy atom. The number of carbonyl (C=O) groups excluding carboxylic acids is 2. The first kappa shape index (κ1) is 20.0. The quantitative estimate of drug-likeness (QED) is 0.364. The van der Waals surface area contributed by atoms with Crippen molar-refractivity contribution in [2.24, 2.45) is 10.7 Å². The highest BCUT2D eigenvalue weighted by atomic mass is 32.2. The van der Waals surface area contributed by atoms with Gasteiger partial charge >= 0.3 is 6.09 Å². The molecule has 1 amide bonds. The highest BCUT2D eigenvalue weighted by Crippen LogP contribution is 2.15. The summed E-state index contributed by atoms with van der Waals surface area (Å²) in [6, 6.07) is 7.00. The largest absolute Gasteiger partial charge is 0.497 e. The maximum absolute atomic E-state index is 12.0. The predicted molar refractivity (Wildman–Crippen MR) is 96.9 cm³/mol. The van der Waals surface area contributed by atoms with Gasteiger partial charge in [-0.25, -0.2) is 4.79 Å². The zero-order valence-electron chi connectivity index (χ0n) is 14.5. The summed E-state index contributed by atoms with van der Waals surface area (Å²) in [4.78, 5) is 27.2. The van der Waals surface area contributed by atoms with E-state index in [1.54, 1.807) is 52.1 Å². The molecule has 24 heavy (non-hydrogen) atoms. The van der Waals surface area contributed by atoms with Crippen LogP contribution in [0.5, 0.6) is 5.75 Å². The van der Waals surface area contributed by atoms with Crippen molar-refractivity contribution < 1.29 is 19.1 Å². The van der Waals surface area contributed by atoms with Gasteiger partial charge < -0.3 is 15.2 Å². The fourth-order valence-electron chi connectivity index (χ4n) is 1.74. The fraction of sp³-hybridized carbons (Fsp3) is 0.471. The van der Waals surface area contributed by atoms with Crippen LogP contribution >= 0.6 is 11.8 Å². The number of hydrogen-bond acceptors (Lipinski definition) is 5. The molecule has 0 spiro atoms. The zero-order chi connectivity index (χ0) is 18.2. The van der Waals surface area contributed by atoms with Crippen LogP contribution in [0.25, 0.3) is 0 Å². The van der Waals surface area contributed by atoms with Gasteiger partial charge in [0.15, 0.2) is 11.0 Å². The van der Waals surface area contributed by atoms with E-state index in [1.165, 1.54) is 11.8 Å². The van der Waals surface area contributed by atoms with Gasteiger partial charge in [0.1, 0.15) is 11.4 Å². The number of nitrogens with zero attached hydrogens (tertiary/aromatic N) is 1. The summed E-state index contributed by atoms with van der Waals surface area (Å²) in [5, 5.41) is 0.140. The topological polar surface area (TPSA) is 91.0 Å². The lowest BCUT2D eigenvalue weighted by Gasteiger charge is -2.17. The second kappa shape index (κ2) is 9.32. The molecule has 1 aromatic carbocycles. The van der Waals surface area contributed by atoms with Crippen LogP contribution in [0.15, 0.2) is 29.3 Å². The van der Waals surface area contributed by atoms with Crippen LogP contribution in [-0.2, 0) is 4.74 Å². The van der Waals surface area contributed by atoms with E-state index in [4.69, 9.17) is 15.2 Å². The molecule has 0 fully saturated rings. The summed E-state index contributed by atoms with van der Waals surface area (Å²) in [7, 11) is 1.58. The molecule has 0 aliphatic rings. The molecule has 0 atom stereocenters. The van der Waals surface area contributed by atoms with Crippen LogP contribution in [0.3, 0.4) is 0 Å². The number of ether oxygens (including phenoxy) is 2. The maximum atomic E-state index is 12.0. The van der Waals surface area contributed by atoms with Crippen molar-refractivity contribution in [1.82, 2.24) is 0 Å². The summed E-state index contributed by atoms with van der Waals surface area (Å²) in [6.07, 6.45) is 0.334. The molecule has 6 nitrogen and oxygen atoms in total. The van der Waals surface area contributed by atoms with Gasteiger partial charge in [-0.15, -0.1) is 0 Å². The van der Waals surface area contributed by atoms with E-state index < -0.39 is 11.7 Å². The number of Topliss-reactive ketones (excluding diaryl/α,β-unsaturated/α-hetero) is 1. The Hall–Kier alpha value is -2.02. The minimum Gasteiger partial charge on any atom is -0.497 e. The van der Waals surface area contributed by atoms with Gasteiger partial charge in [-0.1, -0.05) is 11.8 Å². The average molecular weight is 352 g/mol. The Bertz CT molecular complexity index is 592. The maximum Gasteiger partial charge on any atom is 0.436 e. The van der Waals surface area contributed by atoms with Crippen molar-refractivity contribution >= 4 is 28.8 Å². The van der Waals surface area contributed by atoms with Gasteiger partial charge in [0.05, 0.1) is 7.11 Å². The van der Waals surface area contributed by atoms with Crippen LogP contribution in [0.2, 0.25) is 0 Å². The normalized spacial score (nSPS) is 11.9. The van der Waals surface area contributed by atoms with Crippen LogP contribution in [0.4, 0.5) is 4.79 Å². The number of thioether (sulfide) groups is 1. The molecule has 0 heterocycles. The molecule has 7 heteroatoms. The average Bonchev–Trinajstić information content (AvgIpc) is 2.49. The van der Waals surface area contributed by atoms with Crippen LogP contribution in [0, 0.1) is 0 Å². The Morgan fingerprint density at radius 1 is 1.21 bits per heavy atom. The van der Waals surface area contributed by atoms with Gasteiger partial charge in [0.25, 0.3) is 0 Å². The van der Waals surface area contributed by atoms with E-state index in [1.807, 2.05) is 0 Å². The van der Waals surface area contributed by atoms with Crippen LogP contribution in [-0.4, -0.2) is 35.5 Å². The Balaban J connectivity index is 2.34. The third kappa shape index (κ3) is 8.01. The van der Waals surface area contributed by atoms with Gasteiger partial charge in [-0.2, -0.15) is 4.99 Å².